The summed E-state index contributed by atoms with van der Waals surface area (Å²) in [6, 6.07) is 8.60. The average molecular weight is 312 g/mol. The van der Waals surface area contributed by atoms with Gasteiger partial charge in [0, 0.05) is 12.4 Å². The zero-order valence-corrected chi connectivity index (χ0v) is 11.0. The molecule has 1 heterocycles. The molecule has 0 saturated carbocycles. The maximum absolute atomic E-state index is 12.0. The van der Waals surface area contributed by atoms with Gasteiger partial charge in [-0.25, -0.2) is 0 Å². The van der Waals surface area contributed by atoms with Crippen LogP contribution >= 0.6 is 27.5 Å². The minimum Gasteiger partial charge on any atom is -0.321 e. The highest BCUT2D eigenvalue weighted by molar-refractivity contribution is 9.10. The van der Waals surface area contributed by atoms with E-state index in [0.29, 0.717) is 16.3 Å². The first-order chi connectivity index (χ1) is 8.18. The van der Waals surface area contributed by atoms with Crippen LogP contribution in [0.5, 0.6) is 0 Å². The first-order valence-corrected chi connectivity index (χ1v) is 6.01. The van der Waals surface area contributed by atoms with E-state index in [-0.39, 0.29) is 5.91 Å². The Bertz CT molecular complexity index is 560. The van der Waals surface area contributed by atoms with Crippen molar-refractivity contribution in [1.29, 1.82) is 0 Å². The molecular formula is C12H8BrClN2O. The van der Waals surface area contributed by atoms with Crippen LogP contribution in [0.1, 0.15) is 10.4 Å². The Morgan fingerprint density at radius 1 is 1.29 bits per heavy atom. The molecular weight excluding hydrogens is 304 g/mol. The standard InChI is InChI=1S/C12H8BrClN2O/c13-9-7-15-6-5-11(9)16-12(17)8-3-1-2-4-10(8)14/h1-7H,(H,15,16,17). The van der Waals surface area contributed by atoms with Gasteiger partial charge in [0.05, 0.1) is 20.7 Å². The number of nitrogens with one attached hydrogen (secondary N) is 1. The van der Waals surface area contributed by atoms with Gasteiger partial charge in [-0.2, -0.15) is 0 Å². The van der Waals surface area contributed by atoms with Crippen LogP contribution < -0.4 is 5.32 Å². The summed E-state index contributed by atoms with van der Waals surface area (Å²) in [5, 5.41) is 3.18. The Morgan fingerprint density at radius 2 is 2.06 bits per heavy atom. The van der Waals surface area contributed by atoms with Crippen molar-refractivity contribution in [3.63, 3.8) is 0 Å². The van der Waals surface area contributed by atoms with Crippen LogP contribution in [0.15, 0.2) is 47.2 Å². The highest BCUT2D eigenvalue weighted by Crippen LogP contribution is 2.22. The molecule has 2 rings (SSSR count). The number of amides is 1. The van der Waals surface area contributed by atoms with Gasteiger partial charge >= 0.3 is 0 Å². The topological polar surface area (TPSA) is 42.0 Å². The van der Waals surface area contributed by atoms with Crippen molar-refractivity contribution in [3.8, 4) is 0 Å². The summed E-state index contributed by atoms with van der Waals surface area (Å²) in [6.45, 7) is 0. The Labute approximate surface area is 112 Å². The number of pyridine rings is 1. The van der Waals surface area contributed by atoms with Crippen LogP contribution in [-0.2, 0) is 0 Å². The zero-order chi connectivity index (χ0) is 12.3. The summed E-state index contributed by atoms with van der Waals surface area (Å²) >= 11 is 9.25. The number of benzene rings is 1. The summed E-state index contributed by atoms with van der Waals surface area (Å²) in [5.74, 6) is -0.248. The Balaban J connectivity index is 2.24. The molecule has 86 valence electrons. The van der Waals surface area contributed by atoms with Gasteiger partial charge in [-0.15, -0.1) is 0 Å². The van der Waals surface area contributed by atoms with Gasteiger partial charge in [-0.1, -0.05) is 23.7 Å². The molecule has 0 atom stereocenters. The van der Waals surface area contributed by atoms with Crippen LogP contribution in [-0.4, -0.2) is 10.9 Å². The number of carbonyl (C=O) groups is 1. The van der Waals surface area contributed by atoms with Crippen LogP contribution in [0.4, 0.5) is 5.69 Å². The third kappa shape index (κ3) is 2.84. The third-order valence-electron chi connectivity index (χ3n) is 2.14. The van der Waals surface area contributed by atoms with Crippen molar-refractivity contribution in [3.05, 3.63) is 57.8 Å². The SMILES string of the molecule is O=C(Nc1ccncc1Br)c1ccccc1Cl. The molecule has 1 aromatic carbocycles. The molecule has 0 spiro atoms. The molecule has 0 unspecified atom stereocenters. The maximum Gasteiger partial charge on any atom is 0.257 e. The van der Waals surface area contributed by atoms with Crippen molar-refractivity contribution in [2.75, 3.05) is 5.32 Å². The maximum atomic E-state index is 12.0. The van der Waals surface area contributed by atoms with Crippen molar-refractivity contribution < 1.29 is 4.79 Å². The number of rotatable bonds is 2. The second-order valence-corrected chi connectivity index (χ2v) is 4.55. The van der Waals surface area contributed by atoms with Crippen molar-refractivity contribution >= 4 is 39.1 Å². The van der Waals surface area contributed by atoms with E-state index in [9.17, 15) is 4.79 Å². The molecule has 0 bridgehead atoms. The van der Waals surface area contributed by atoms with Crippen LogP contribution in [0.25, 0.3) is 0 Å². The van der Waals surface area contributed by atoms with Gasteiger partial charge in [-0.3, -0.25) is 9.78 Å². The van der Waals surface area contributed by atoms with E-state index in [1.807, 2.05) is 0 Å². The lowest BCUT2D eigenvalue weighted by Crippen LogP contribution is -2.12. The lowest BCUT2D eigenvalue weighted by atomic mass is 10.2. The third-order valence-corrected chi connectivity index (χ3v) is 3.10. The lowest BCUT2D eigenvalue weighted by molar-refractivity contribution is 0.102. The van der Waals surface area contributed by atoms with Crippen molar-refractivity contribution in [1.82, 2.24) is 4.98 Å². The number of aromatic nitrogens is 1. The second-order valence-electron chi connectivity index (χ2n) is 3.29. The second kappa shape index (κ2) is 5.29. The van der Waals surface area contributed by atoms with Gasteiger partial charge in [-0.05, 0) is 34.1 Å². The number of nitrogens with zero attached hydrogens (tertiary/aromatic N) is 1. The smallest absolute Gasteiger partial charge is 0.257 e. The van der Waals surface area contributed by atoms with Crippen molar-refractivity contribution in [2.24, 2.45) is 0 Å². The summed E-state index contributed by atoms with van der Waals surface area (Å²) in [7, 11) is 0. The molecule has 1 aromatic heterocycles. The first-order valence-electron chi connectivity index (χ1n) is 4.84. The fraction of sp³-hybridized carbons (Fsp3) is 0. The quantitative estimate of drug-likeness (QED) is 0.918. The molecule has 0 aliphatic heterocycles. The van der Waals surface area contributed by atoms with E-state index in [1.54, 1.807) is 42.7 Å². The van der Waals surface area contributed by atoms with Gasteiger partial charge < -0.3 is 5.32 Å². The normalized spacial score (nSPS) is 10.0. The number of carbonyl (C=O) groups excluding carboxylic acids is 1. The molecule has 0 radical (unpaired) electrons. The van der Waals surface area contributed by atoms with Crippen LogP contribution in [0.2, 0.25) is 5.02 Å². The summed E-state index contributed by atoms with van der Waals surface area (Å²) in [4.78, 5) is 15.9. The van der Waals surface area contributed by atoms with E-state index < -0.39 is 0 Å². The Morgan fingerprint density at radius 3 is 2.76 bits per heavy atom. The molecule has 2 aromatic rings. The lowest BCUT2D eigenvalue weighted by Gasteiger charge is -2.07. The molecule has 1 amide bonds. The largest absolute Gasteiger partial charge is 0.321 e. The average Bonchev–Trinajstić information content (AvgIpc) is 2.32. The minimum atomic E-state index is -0.248. The van der Waals surface area contributed by atoms with Crippen molar-refractivity contribution in [2.45, 2.75) is 0 Å². The molecule has 3 nitrogen and oxygen atoms in total. The van der Waals surface area contributed by atoms with Crippen LogP contribution in [0.3, 0.4) is 0 Å². The number of hydrogen-bond donors (Lipinski definition) is 1. The summed E-state index contributed by atoms with van der Waals surface area (Å²) < 4.78 is 0.723. The fourth-order valence-electron chi connectivity index (χ4n) is 1.31. The van der Waals surface area contributed by atoms with E-state index in [0.717, 1.165) is 4.47 Å². The van der Waals surface area contributed by atoms with Crippen LogP contribution in [0, 0.1) is 0 Å². The van der Waals surface area contributed by atoms with Gasteiger partial charge in [0.2, 0.25) is 0 Å². The number of hydrogen-bond acceptors (Lipinski definition) is 2. The Hall–Kier alpha value is -1.39. The fourth-order valence-corrected chi connectivity index (χ4v) is 1.88. The predicted molar refractivity (Wildman–Crippen MR) is 71.3 cm³/mol. The molecule has 0 saturated heterocycles. The van der Waals surface area contributed by atoms with Gasteiger partial charge in [0.1, 0.15) is 0 Å². The first kappa shape index (κ1) is 12.1. The van der Waals surface area contributed by atoms with Gasteiger partial charge in [0.25, 0.3) is 5.91 Å². The van der Waals surface area contributed by atoms with E-state index in [4.69, 9.17) is 11.6 Å². The molecule has 0 aliphatic rings. The minimum absolute atomic E-state index is 0.248. The predicted octanol–water partition coefficient (Wildman–Crippen LogP) is 3.75. The van der Waals surface area contributed by atoms with E-state index in [1.165, 1.54) is 0 Å². The molecule has 0 aliphatic carbocycles. The number of halogens is 2. The molecule has 5 heteroatoms. The molecule has 0 fully saturated rings. The molecule has 1 N–H and O–H groups in total. The molecule has 17 heavy (non-hydrogen) atoms. The van der Waals surface area contributed by atoms with Gasteiger partial charge in [0.15, 0.2) is 0 Å². The number of anilines is 1. The monoisotopic (exact) mass is 310 g/mol. The summed E-state index contributed by atoms with van der Waals surface area (Å²) in [5.41, 5.74) is 1.10. The Kier molecular flexibility index (Phi) is 3.76. The van der Waals surface area contributed by atoms with E-state index in [2.05, 4.69) is 26.2 Å². The summed E-state index contributed by atoms with van der Waals surface area (Å²) in [6.07, 6.45) is 3.22. The van der Waals surface area contributed by atoms with E-state index >= 15 is 0 Å². The highest BCUT2D eigenvalue weighted by Gasteiger charge is 2.10. The highest BCUT2D eigenvalue weighted by atomic mass is 79.9. The zero-order valence-electron chi connectivity index (χ0n) is 8.65.